The Morgan fingerprint density at radius 2 is 2.38 bits per heavy atom. The highest BCUT2D eigenvalue weighted by atomic mass is 32.2. The van der Waals surface area contributed by atoms with E-state index in [4.69, 9.17) is 5.26 Å². The van der Waals surface area contributed by atoms with Crippen LogP contribution < -0.4 is 5.32 Å². The maximum Gasteiger partial charge on any atom is 0.126 e. The first-order valence-electron chi connectivity index (χ1n) is 5.49. The van der Waals surface area contributed by atoms with Gasteiger partial charge in [0.25, 0.3) is 0 Å². The predicted molar refractivity (Wildman–Crippen MR) is 67.5 cm³/mol. The third-order valence-corrected chi connectivity index (χ3v) is 4.15. The van der Waals surface area contributed by atoms with Gasteiger partial charge >= 0.3 is 0 Å². The van der Waals surface area contributed by atoms with E-state index in [0.29, 0.717) is 16.9 Å². The Kier molecular flexibility index (Phi) is 3.68. The van der Waals surface area contributed by atoms with Gasteiger partial charge in [-0.05, 0) is 31.2 Å². The van der Waals surface area contributed by atoms with Gasteiger partial charge in [-0.2, -0.15) is 17.0 Å². The number of nitrogens with zero attached hydrogens (tertiary/aromatic N) is 2. The molecule has 84 valence electrons. The van der Waals surface area contributed by atoms with Gasteiger partial charge in [0, 0.05) is 17.5 Å². The smallest absolute Gasteiger partial charge is 0.126 e. The summed E-state index contributed by atoms with van der Waals surface area (Å²) in [5.41, 5.74) is 0.610. The molecule has 0 aromatic carbocycles. The fourth-order valence-corrected chi connectivity index (χ4v) is 3.04. The van der Waals surface area contributed by atoms with Crippen molar-refractivity contribution in [3.63, 3.8) is 0 Å². The molecule has 0 aliphatic heterocycles. The Bertz CT molecular complexity index is 382. The van der Waals surface area contributed by atoms with Crippen LogP contribution in [0.15, 0.2) is 18.3 Å². The standard InChI is InChI=1S/C12H15N3S/c1-16-11-4-2-3-10(11)15-12-6-5-9(7-13)8-14-12/h5-6,8,10-11H,2-4H2,1H3,(H,14,15). The molecular formula is C12H15N3S. The monoisotopic (exact) mass is 233 g/mol. The van der Waals surface area contributed by atoms with Gasteiger partial charge in [0.1, 0.15) is 11.9 Å². The van der Waals surface area contributed by atoms with Crippen LogP contribution in [-0.2, 0) is 0 Å². The second-order valence-corrected chi connectivity index (χ2v) is 5.08. The van der Waals surface area contributed by atoms with E-state index in [1.165, 1.54) is 19.3 Å². The number of hydrogen-bond acceptors (Lipinski definition) is 4. The van der Waals surface area contributed by atoms with Gasteiger partial charge in [-0.3, -0.25) is 0 Å². The van der Waals surface area contributed by atoms with Crippen LogP contribution in [0.3, 0.4) is 0 Å². The molecule has 3 nitrogen and oxygen atoms in total. The molecule has 1 N–H and O–H groups in total. The van der Waals surface area contributed by atoms with Crippen LogP contribution in [0.5, 0.6) is 0 Å². The highest BCUT2D eigenvalue weighted by molar-refractivity contribution is 7.99. The van der Waals surface area contributed by atoms with Crippen molar-refractivity contribution in [2.45, 2.75) is 30.6 Å². The molecule has 1 heterocycles. The summed E-state index contributed by atoms with van der Waals surface area (Å²) in [4.78, 5) is 4.24. The molecule has 0 spiro atoms. The first-order chi connectivity index (χ1) is 7.83. The van der Waals surface area contributed by atoms with Crippen molar-refractivity contribution in [3.8, 4) is 6.07 Å². The molecule has 2 rings (SSSR count). The van der Waals surface area contributed by atoms with Gasteiger partial charge < -0.3 is 5.32 Å². The molecule has 1 aliphatic carbocycles. The summed E-state index contributed by atoms with van der Waals surface area (Å²) in [6.07, 6.45) is 7.57. The number of thioether (sulfide) groups is 1. The molecule has 0 saturated heterocycles. The van der Waals surface area contributed by atoms with E-state index in [1.807, 2.05) is 17.8 Å². The minimum Gasteiger partial charge on any atom is -0.366 e. The first kappa shape index (κ1) is 11.3. The Morgan fingerprint density at radius 1 is 1.50 bits per heavy atom. The molecule has 0 amide bonds. The Balaban J connectivity index is 2.00. The van der Waals surface area contributed by atoms with Crippen LogP contribution in [0, 0.1) is 11.3 Å². The van der Waals surface area contributed by atoms with E-state index < -0.39 is 0 Å². The predicted octanol–water partition coefficient (Wildman–Crippen LogP) is 2.65. The van der Waals surface area contributed by atoms with Crippen LogP contribution in [-0.4, -0.2) is 22.5 Å². The van der Waals surface area contributed by atoms with E-state index in [-0.39, 0.29) is 0 Å². The van der Waals surface area contributed by atoms with Crippen LogP contribution in [0.2, 0.25) is 0 Å². The van der Waals surface area contributed by atoms with Crippen molar-refractivity contribution >= 4 is 17.6 Å². The first-order valence-corrected chi connectivity index (χ1v) is 6.78. The van der Waals surface area contributed by atoms with Crippen molar-refractivity contribution < 1.29 is 0 Å². The number of pyridine rings is 1. The number of nitrogens with one attached hydrogen (secondary N) is 1. The Labute approximate surface area is 100 Å². The zero-order chi connectivity index (χ0) is 11.4. The zero-order valence-corrected chi connectivity index (χ0v) is 10.1. The number of nitriles is 1. The molecule has 16 heavy (non-hydrogen) atoms. The van der Waals surface area contributed by atoms with Gasteiger partial charge in [-0.25, -0.2) is 4.98 Å². The third-order valence-electron chi connectivity index (χ3n) is 2.98. The summed E-state index contributed by atoms with van der Waals surface area (Å²) in [6, 6.07) is 6.28. The quantitative estimate of drug-likeness (QED) is 0.872. The third kappa shape index (κ3) is 2.48. The molecule has 2 atom stereocenters. The van der Waals surface area contributed by atoms with Crippen molar-refractivity contribution in [3.05, 3.63) is 23.9 Å². The fourth-order valence-electron chi connectivity index (χ4n) is 2.11. The molecule has 1 saturated carbocycles. The minimum atomic E-state index is 0.524. The van der Waals surface area contributed by atoms with E-state index >= 15 is 0 Å². The lowest BCUT2D eigenvalue weighted by Gasteiger charge is -2.19. The molecular weight excluding hydrogens is 218 g/mol. The topological polar surface area (TPSA) is 48.7 Å². The van der Waals surface area contributed by atoms with E-state index in [0.717, 1.165) is 5.82 Å². The van der Waals surface area contributed by atoms with Crippen molar-refractivity contribution in [1.29, 1.82) is 5.26 Å². The highest BCUT2D eigenvalue weighted by Crippen LogP contribution is 2.30. The van der Waals surface area contributed by atoms with Crippen LogP contribution in [0.25, 0.3) is 0 Å². The molecule has 2 unspecified atom stereocenters. The van der Waals surface area contributed by atoms with E-state index in [9.17, 15) is 0 Å². The minimum absolute atomic E-state index is 0.524. The van der Waals surface area contributed by atoms with Crippen LogP contribution in [0.4, 0.5) is 5.82 Å². The molecule has 1 aromatic heterocycles. The van der Waals surface area contributed by atoms with Gasteiger partial charge in [0.2, 0.25) is 0 Å². The SMILES string of the molecule is CSC1CCCC1Nc1ccc(C#N)cn1. The number of anilines is 1. The van der Waals surface area contributed by atoms with Crippen molar-refractivity contribution in [2.75, 3.05) is 11.6 Å². The van der Waals surface area contributed by atoms with Gasteiger partial charge in [-0.15, -0.1) is 0 Å². The van der Waals surface area contributed by atoms with Gasteiger partial charge in [0.15, 0.2) is 0 Å². The number of aromatic nitrogens is 1. The average molecular weight is 233 g/mol. The second kappa shape index (κ2) is 5.22. The zero-order valence-electron chi connectivity index (χ0n) is 9.31. The maximum atomic E-state index is 8.68. The van der Waals surface area contributed by atoms with E-state index in [1.54, 1.807) is 12.3 Å². The molecule has 4 heteroatoms. The summed E-state index contributed by atoms with van der Waals surface area (Å²) in [6.45, 7) is 0. The summed E-state index contributed by atoms with van der Waals surface area (Å²) in [5, 5.41) is 12.8. The van der Waals surface area contributed by atoms with Gasteiger partial charge in [-0.1, -0.05) is 6.42 Å². The lowest BCUT2D eigenvalue weighted by molar-refractivity contribution is 0.763. The molecule has 0 radical (unpaired) electrons. The lowest BCUT2D eigenvalue weighted by atomic mass is 10.2. The number of rotatable bonds is 3. The summed E-state index contributed by atoms with van der Waals surface area (Å²) < 4.78 is 0. The average Bonchev–Trinajstić information content (AvgIpc) is 2.77. The highest BCUT2D eigenvalue weighted by Gasteiger charge is 2.26. The lowest BCUT2D eigenvalue weighted by Crippen LogP contribution is -2.26. The summed E-state index contributed by atoms with van der Waals surface area (Å²) in [7, 11) is 0. The van der Waals surface area contributed by atoms with Crippen LogP contribution in [0.1, 0.15) is 24.8 Å². The van der Waals surface area contributed by atoms with Crippen molar-refractivity contribution in [1.82, 2.24) is 4.98 Å². The second-order valence-electron chi connectivity index (χ2n) is 4.00. The summed E-state index contributed by atoms with van der Waals surface area (Å²) in [5.74, 6) is 0.880. The van der Waals surface area contributed by atoms with E-state index in [2.05, 4.69) is 22.6 Å². The largest absolute Gasteiger partial charge is 0.366 e. The molecule has 1 aromatic rings. The maximum absolute atomic E-state index is 8.68. The normalized spacial score (nSPS) is 24.0. The molecule has 1 fully saturated rings. The van der Waals surface area contributed by atoms with Gasteiger partial charge in [0.05, 0.1) is 5.56 Å². The fraction of sp³-hybridized carbons (Fsp3) is 0.500. The molecule has 0 bridgehead atoms. The van der Waals surface area contributed by atoms with Crippen LogP contribution >= 0.6 is 11.8 Å². The number of hydrogen-bond donors (Lipinski definition) is 1. The van der Waals surface area contributed by atoms with Crippen molar-refractivity contribution in [2.24, 2.45) is 0 Å². The Hall–Kier alpha value is -1.21. The molecule has 1 aliphatic rings. The Morgan fingerprint density at radius 3 is 3.00 bits per heavy atom. The summed E-state index contributed by atoms with van der Waals surface area (Å²) >= 11 is 1.92.